The zero-order valence-corrected chi connectivity index (χ0v) is 9.94. The van der Waals surface area contributed by atoms with Crippen LogP contribution in [0.15, 0.2) is 30.3 Å². The SMILES string of the molecule is CC1CC(NC(=O)c2ccccc2)CC1C. The summed E-state index contributed by atoms with van der Waals surface area (Å²) in [6.45, 7) is 4.53. The average molecular weight is 217 g/mol. The second-order valence-corrected chi connectivity index (χ2v) is 4.96. The summed E-state index contributed by atoms with van der Waals surface area (Å²) >= 11 is 0. The van der Waals surface area contributed by atoms with E-state index in [1.165, 1.54) is 0 Å². The first kappa shape index (κ1) is 11.2. The number of carbonyl (C=O) groups is 1. The molecule has 1 saturated carbocycles. The van der Waals surface area contributed by atoms with Crippen LogP contribution in [0.4, 0.5) is 0 Å². The smallest absolute Gasteiger partial charge is 0.251 e. The van der Waals surface area contributed by atoms with Crippen molar-refractivity contribution in [3.05, 3.63) is 35.9 Å². The number of hydrogen-bond acceptors (Lipinski definition) is 1. The molecule has 0 radical (unpaired) electrons. The maximum atomic E-state index is 11.9. The first-order valence-electron chi connectivity index (χ1n) is 6.02. The molecule has 0 heterocycles. The summed E-state index contributed by atoms with van der Waals surface area (Å²) in [6, 6.07) is 9.80. The molecule has 1 fully saturated rings. The summed E-state index contributed by atoms with van der Waals surface area (Å²) in [4.78, 5) is 11.9. The fraction of sp³-hybridized carbons (Fsp3) is 0.500. The van der Waals surface area contributed by atoms with Crippen LogP contribution in [0.2, 0.25) is 0 Å². The molecule has 2 rings (SSSR count). The molecule has 2 nitrogen and oxygen atoms in total. The molecule has 0 bridgehead atoms. The minimum atomic E-state index is 0.0619. The molecule has 2 atom stereocenters. The van der Waals surface area contributed by atoms with E-state index in [9.17, 15) is 4.79 Å². The van der Waals surface area contributed by atoms with Crippen LogP contribution in [-0.2, 0) is 0 Å². The van der Waals surface area contributed by atoms with Crippen LogP contribution in [0.25, 0.3) is 0 Å². The van der Waals surface area contributed by atoms with Gasteiger partial charge in [-0.2, -0.15) is 0 Å². The lowest BCUT2D eigenvalue weighted by molar-refractivity contribution is 0.0937. The first-order valence-corrected chi connectivity index (χ1v) is 6.02. The Balaban J connectivity index is 1.94. The average Bonchev–Trinajstić information content (AvgIpc) is 2.59. The van der Waals surface area contributed by atoms with Gasteiger partial charge in [-0.05, 0) is 36.8 Å². The molecule has 0 aromatic heterocycles. The predicted molar refractivity (Wildman–Crippen MR) is 65.3 cm³/mol. The van der Waals surface area contributed by atoms with Crippen LogP contribution >= 0.6 is 0 Å². The summed E-state index contributed by atoms with van der Waals surface area (Å²) in [6.07, 6.45) is 2.22. The van der Waals surface area contributed by atoms with E-state index in [0.29, 0.717) is 6.04 Å². The van der Waals surface area contributed by atoms with E-state index in [1.54, 1.807) is 0 Å². The third-order valence-electron chi connectivity index (χ3n) is 3.66. The summed E-state index contributed by atoms with van der Waals surface area (Å²) in [5.74, 6) is 1.51. The van der Waals surface area contributed by atoms with Gasteiger partial charge >= 0.3 is 0 Å². The van der Waals surface area contributed by atoms with Crippen molar-refractivity contribution in [2.45, 2.75) is 32.7 Å². The number of amides is 1. The Hall–Kier alpha value is -1.31. The topological polar surface area (TPSA) is 29.1 Å². The normalized spacial score (nSPS) is 29.0. The zero-order valence-electron chi connectivity index (χ0n) is 9.94. The Labute approximate surface area is 97.1 Å². The van der Waals surface area contributed by atoms with Gasteiger partial charge in [0.25, 0.3) is 5.91 Å². The maximum Gasteiger partial charge on any atom is 0.251 e. The molecule has 2 unspecified atom stereocenters. The zero-order chi connectivity index (χ0) is 11.5. The highest BCUT2D eigenvalue weighted by atomic mass is 16.1. The molecule has 1 N–H and O–H groups in total. The summed E-state index contributed by atoms with van der Waals surface area (Å²) < 4.78 is 0. The molecule has 1 aromatic rings. The molecule has 2 heteroatoms. The summed E-state index contributed by atoms with van der Waals surface area (Å²) in [7, 11) is 0. The minimum absolute atomic E-state index is 0.0619. The number of hydrogen-bond donors (Lipinski definition) is 1. The van der Waals surface area contributed by atoms with Gasteiger partial charge < -0.3 is 5.32 Å². The number of benzene rings is 1. The summed E-state index contributed by atoms with van der Waals surface area (Å²) in [5, 5.41) is 3.12. The van der Waals surface area contributed by atoms with Crippen molar-refractivity contribution in [2.24, 2.45) is 11.8 Å². The third kappa shape index (κ3) is 2.43. The van der Waals surface area contributed by atoms with E-state index in [0.717, 1.165) is 30.2 Å². The van der Waals surface area contributed by atoms with Crippen molar-refractivity contribution in [2.75, 3.05) is 0 Å². The van der Waals surface area contributed by atoms with Gasteiger partial charge in [-0.15, -0.1) is 0 Å². The van der Waals surface area contributed by atoms with Crippen molar-refractivity contribution in [3.8, 4) is 0 Å². The second kappa shape index (κ2) is 4.69. The molecular weight excluding hydrogens is 198 g/mol. The van der Waals surface area contributed by atoms with Gasteiger partial charge in [0.1, 0.15) is 0 Å². The molecule has 1 aromatic carbocycles. The molecule has 1 aliphatic rings. The van der Waals surface area contributed by atoms with E-state index in [-0.39, 0.29) is 5.91 Å². The molecule has 1 amide bonds. The van der Waals surface area contributed by atoms with E-state index in [2.05, 4.69) is 19.2 Å². The first-order chi connectivity index (χ1) is 7.66. The lowest BCUT2D eigenvalue weighted by atomic mass is 10.0. The lowest BCUT2D eigenvalue weighted by Gasteiger charge is -2.12. The van der Waals surface area contributed by atoms with E-state index in [1.807, 2.05) is 30.3 Å². The number of nitrogens with one attached hydrogen (secondary N) is 1. The Morgan fingerprint density at radius 3 is 2.25 bits per heavy atom. The third-order valence-corrected chi connectivity index (χ3v) is 3.66. The Kier molecular flexibility index (Phi) is 3.28. The second-order valence-electron chi connectivity index (χ2n) is 4.96. The fourth-order valence-electron chi connectivity index (χ4n) is 2.43. The molecule has 0 spiro atoms. The monoisotopic (exact) mass is 217 g/mol. The Morgan fingerprint density at radius 2 is 1.69 bits per heavy atom. The molecule has 0 saturated heterocycles. The van der Waals surface area contributed by atoms with Gasteiger partial charge in [0.15, 0.2) is 0 Å². The van der Waals surface area contributed by atoms with Gasteiger partial charge in [-0.25, -0.2) is 0 Å². The van der Waals surface area contributed by atoms with Gasteiger partial charge in [0.2, 0.25) is 0 Å². The van der Waals surface area contributed by atoms with Crippen molar-refractivity contribution < 1.29 is 4.79 Å². The van der Waals surface area contributed by atoms with E-state index >= 15 is 0 Å². The quantitative estimate of drug-likeness (QED) is 0.811. The number of carbonyl (C=O) groups excluding carboxylic acids is 1. The van der Waals surface area contributed by atoms with Gasteiger partial charge in [-0.3, -0.25) is 4.79 Å². The van der Waals surface area contributed by atoms with Crippen LogP contribution in [0.3, 0.4) is 0 Å². The molecule has 0 aliphatic heterocycles. The molecule has 16 heavy (non-hydrogen) atoms. The standard InChI is InChI=1S/C14H19NO/c1-10-8-13(9-11(10)2)15-14(16)12-6-4-3-5-7-12/h3-7,10-11,13H,8-9H2,1-2H3,(H,15,16). The molecular formula is C14H19NO. The highest BCUT2D eigenvalue weighted by Gasteiger charge is 2.28. The van der Waals surface area contributed by atoms with Crippen molar-refractivity contribution >= 4 is 5.91 Å². The van der Waals surface area contributed by atoms with Crippen LogP contribution in [0, 0.1) is 11.8 Å². The van der Waals surface area contributed by atoms with Crippen LogP contribution < -0.4 is 5.32 Å². The minimum Gasteiger partial charge on any atom is -0.349 e. The van der Waals surface area contributed by atoms with Crippen LogP contribution in [-0.4, -0.2) is 11.9 Å². The van der Waals surface area contributed by atoms with Crippen molar-refractivity contribution in [1.29, 1.82) is 0 Å². The molecule has 86 valence electrons. The van der Waals surface area contributed by atoms with Crippen molar-refractivity contribution in [3.63, 3.8) is 0 Å². The van der Waals surface area contributed by atoms with Gasteiger partial charge in [0, 0.05) is 11.6 Å². The number of rotatable bonds is 2. The van der Waals surface area contributed by atoms with Crippen molar-refractivity contribution in [1.82, 2.24) is 5.32 Å². The maximum absolute atomic E-state index is 11.9. The Bertz CT molecular complexity index is 350. The van der Waals surface area contributed by atoms with Crippen LogP contribution in [0.1, 0.15) is 37.0 Å². The molecule has 1 aliphatic carbocycles. The highest BCUT2D eigenvalue weighted by molar-refractivity contribution is 5.94. The largest absolute Gasteiger partial charge is 0.349 e. The Morgan fingerprint density at radius 1 is 1.12 bits per heavy atom. The van der Waals surface area contributed by atoms with Gasteiger partial charge in [-0.1, -0.05) is 32.0 Å². The van der Waals surface area contributed by atoms with E-state index in [4.69, 9.17) is 0 Å². The van der Waals surface area contributed by atoms with Gasteiger partial charge in [0.05, 0.1) is 0 Å². The predicted octanol–water partition coefficient (Wildman–Crippen LogP) is 2.85. The fourth-order valence-corrected chi connectivity index (χ4v) is 2.43. The summed E-state index contributed by atoms with van der Waals surface area (Å²) in [5.41, 5.74) is 0.759. The lowest BCUT2D eigenvalue weighted by Crippen LogP contribution is -2.32. The van der Waals surface area contributed by atoms with Crippen LogP contribution in [0.5, 0.6) is 0 Å². The van der Waals surface area contributed by atoms with E-state index < -0.39 is 0 Å². The highest BCUT2D eigenvalue weighted by Crippen LogP contribution is 2.31.